The zero-order chi connectivity index (χ0) is 12.0. The fourth-order valence-electron chi connectivity index (χ4n) is 1.94. The molecular weight excluding hydrogens is 216 g/mol. The van der Waals surface area contributed by atoms with Crippen LogP contribution in [0.2, 0.25) is 0 Å². The van der Waals surface area contributed by atoms with Gasteiger partial charge in [-0.3, -0.25) is 0 Å². The lowest BCUT2D eigenvalue weighted by atomic mass is 10.0. The summed E-state index contributed by atoms with van der Waals surface area (Å²) < 4.78 is 0. The van der Waals surface area contributed by atoms with Gasteiger partial charge in [0.2, 0.25) is 0 Å². The van der Waals surface area contributed by atoms with E-state index in [9.17, 15) is 0 Å². The Morgan fingerprint density at radius 1 is 1.12 bits per heavy atom. The van der Waals surface area contributed by atoms with Gasteiger partial charge in [0, 0.05) is 5.38 Å². The van der Waals surface area contributed by atoms with Crippen LogP contribution in [0, 0.1) is 13.8 Å². The molecule has 0 heterocycles. The van der Waals surface area contributed by atoms with Crippen molar-refractivity contribution < 1.29 is 0 Å². The average Bonchev–Trinajstić information content (AvgIpc) is 2.24. The Hall–Kier alpha value is -0.490. The summed E-state index contributed by atoms with van der Waals surface area (Å²) in [5.74, 6) is 0. The number of alkyl halides is 1. The lowest BCUT2D eigenvalue weighted by Crippen LogP contribution is -1.99. The van der Waals surface area contributed by atoms with Gasteiger partial charge in [-0.2, -0.15) is 0 Å². The number of hydrogen-bond acceptors (Lipinski definition) is 0. The molecule has 0 spiro atoms. The van der Waals surface area contributed by atoms with Crippen LogP contribution in [-0.4, -0.2) is 5.38 Å². The van der Waals surface area contributed by atoms with Gasteiger partial charge in [0.25, 0.3) is 0 Å². The summed E-state index contributed by atoms with van der Waals surface area (Å²) in [7, 11) is 0. The van der Waals surface area contributed by atoms with Crippen LogP contribution in [0.25, 0.3) is 0 Å². The predicted molar refractivity (Wildman–Crippen MR) is 73.4 cm³/mol. The van der Waals surface area contributed by atoms with Gasteiger partial charge in [0.1, 0.15) is 0 Å². The third kappa shape index (κ3) is 4.57. The van der Waals surface area contributed by atoms with Crippen molar-refractivity contribution in [2.75, 3.05) is 0 Å². The van der Waals surface area contributed by atoms with Crippen molar-refractivity contribution in [3.63, 3.8) is 0 Å². The van der Waals surface area contributed by atoms with Gasteiger partial charge in [-0.15, -0.1) is 11.6 Å². The van der Waals surface area contributed by atoms with Crippen LogP contribution in [0.1, 0.15) is 49.3 Å². The van der Waals surface area contributed by atoms with E-state index in [1.54, 1.807) is 0 Å². The second-order valence-corrected chi connectivity index (χ2v) is 5.31. The van der Waals surface area contributed by atoms with E-state index in [2.05, 4.69) is 39.0 Å². The molecule has 0 amide bonds. The summed E-state index contributed by atoms with van der Waals surface area (Å²) >= 11 is 6.20. The molecule has 1 atom stereocenters. The monoisotopic (exact) mass is 238 g/mol. The standard InChI is InChI=1S/C15H23Cl/c1-4-6-15(16)8-5-7-14-10-9-12(2)13(3)11-14/h9-11,15H,4-8H2,1-3H3. The maximum atomic E-state index is 6.20. The highest BCUT2D eigenvalue weighted by molar-refractivity contribution is 6.20. The Kier molecular flexibility index (Phi) is 5.90. The predicted octanol–water partition coefficient (Wildman–Crippen LogP) is 5.03. The third-order valence-electron chi connectivity index (χ3n) is 3.16. The Balaban J connectivity index is 2.34. The molecule has 0 aliphatic heterocycles. The summed E-state index contributed by atoms with van der Waals surface area (Å²) in [6.07, 6.45) is 5.85. The van der Waals surface area contributed by atoms with Gasteiger partial charge in [-0.1, -0.05) is 31.5 Å². The first-order valence-electron chi connectivity index (χ1n) is 6.33. The molecule has 0 aliphatic carbocycles. The molecule has 90 valence electrons. The maximum Gasteiger partial charge on any atom is 0.0336 e. The van der Waals surface area contributed by atoms with Crippen LogP contribution in [-0.2, 0) is 6.42 Å². The van der Waals surface area contributed by atoms with Crippen molar-refractivity contribution in [1.82, 2.24) is 0 Å². The van der Waals surface area contributed by atoms with E-state index in [0.717, 1.165) is 19.3 Å². The molecule has 1 aromatic carbocycles. The van der Waals surface area contributed by atoms with E-state index in [4.69, 9.17) is 11.6 Å². The molecule has 0 aliphatic rings. The minimum Gasteiger partial charge on any atom is -0.123 e. The first-order valence-corrected chi connectivity index (χ1v) is 6.77. The maximum absolute atomic E-state index is 6.20. The highest BCUT2D eigenvalue weighted by Crippen LogP contribution is 2.16. The molecule has 0 nitrogen and oxygen atoms in total. The van der Waals surface area contributed by atoms with E-state index < -0.39 is 0 Å². The quantitative estimate of drug-likeness (QED) is 0.610. The van der Waals surface area contributed by atoms with Crippen LogP contribution < -0.4 is 0 Å². The average molecular weight is 239 g/mol. The highest BCUT2D eigenvalue weighted by atomic mass is 35.5. The Bertz CT molecular complexity index is 317. The molecule has 1 heteroatoms. The second kappa shape index (κ2) is 6.96. The van der Waals surface area contributed by atoms with Crippen molar-refractivity contribution in [2.45, 2.75) is 58.3 Å². The molecule has 1 aromatic rings. The zero-order valence-corrected chi connectivity index (χ0v) is 11.5. The third-order valence-corrected chi connectivity index (χ3v) is 3.59. The van der Waals surface area contributed by atoms with E-state index in [-0.39, 0.29) is 0 Å². The van der Waals surface area contributed by atoms with Crippen LogP contribution in [0.4, 0.5) is 0 Å². The molecule has 0 radical (unpaired) electrons. The van der Waals surface area contributed by atoms with E-state index >= 15 is 0 Å². The summed E-state index contributed by atoms with van der Waals surface area (Å²) in [5.41, 5.74) is 4.22. The van der Waals surface area contributed by atoms with Gasteiger partial charge in [-0.25, -0.2) is 0 Å². The number of hydrogen-bond donors (Lipinski definition) is 0. The van der Waals surface area contributed by atoms with E-state index in [1.165, 1.54) is 29.5 Å². The summed E-state index contributed by atoms with van der Waals surface area (Å²) in [6, 6.07) is 6.76. The molecule has 16 heavy (non-hydrogen) atoms. The van der Waals surface area contributed by atoms with E-state index in [0.29, 0.717) is 5.38 Å². The number of halogens is 1. The second-order valence-electron chi connectivity index (χ2n) is 4.70. The van der Waals surface area contributed by atoms with Crippen molar-refractivity contribution in [3.8, 4) is 0 Å². The molecule has 0 bridgehead atoms. The molecule has 1 unspecified atom stereocenters. The largest absolute Gasteiger partial charge is 0.123 e. The lowest BCUT2D eigenvalue weighted by molar-refractivity contribution is 0.640. The zero-order valence-electron chi connectivity index (χ0n) is 10.7. The molecule has 1 rings (SSSR count). The molecular formula is C15H23Cl. The SMILES string of the molecule is CCCC(Cl)CCCc1ccc(C)c(C)c1. The lowest BCUT2D eigenvalue weighted by Gasteiger charge is -2.08. The summed E-state index contributed by atoms with van der Waals surface area (Å²) in [6.45, 7) is 6.54. The number of benzene rings is 1. The molecule has 0 saturated carbocycles. The first kappa shape index (κ1) is 13.6. The van der Waals surface area contributed by atoms with Gasteiger partial charge < -0.3 is 0 Å². The number of rotatable bonds is 6. The van der Waals surface area contributed by atoms with Crippen LogP contribution in [0.3, 0.4) is 0 Å². The van der Waals surface area contributed by atoms with Gasteiger partial charge in [0.05, 0.1) is 0 Å². The molecule has 0 aromatic heterocycles. The Labute approximate surface area is 105 Å². The minimum absolute atomic E-state index is 0.372. The van der Waals surface area contributed by atoms with Gasteiger partial charge in [-0.05, 0) is 56.2 Å². The fourth-order valence-corrected chi connectivity index (χ4v) is 2.32. The first-order chi connectivity index (χ1) is 7.63. The van der Waals surface area contributed by atoms with Crippen molar-refractivity contribution in [2.24, 2.45) is 0 Å². The van der Waals surface area contributed by atoms with Crippen LogP contribution in [0.5, 0.6) is 0 Å². The number of aryl methyl sites for hydroxylation is 3. The van der Waals surface area contributed by atoms with Gasteiger partial charge in [0.15, 0.2) is 0 Å². The summed E-state index contributed by atoms with van der Waals surface area (Å²) in [4.78, 5) is 0. The van der Waals surface area contributed by atoms with Crippen molar-refractivity contribution in [1.29, 1.82) is 0 Å². The summed E-state index contributed by atoms with van der Waals surface area (Å²) in [5, 5.41) is 0.372. The molecule has 0 N–H and O–H groups in total. The van der Waals surface area contributed by atoms with Crippen molar-refractivity contribution >= 4 is 11.6 Å². The molecule has 0 saturated heterocycles. The Morgan fingerprint density at radius 2 is 1.88 bits per heavy atom. The normalized spacial score (nSPS) is 12.8. The van der Waals surface area contributed by atoms with E-state index in [1.807, 2.05) is 0 Å². The van der Waals surface area contributed by atoms with Crippen LogP contribution in [0.15, 0.2) is 18.2 Å². The molecule has 0 fully saturated rings. The topological polar surface area (TPSA) is 0 Å². The fraction of sp³-hybridized carbons (Fsp3) is 0.600. The highest BCUT2D eigenvalue weighted by Gasteiger charge is 2.03. The Morgan fingerprint density at radius 3 is 2.50 bits per heavy atom. The van der Waals surface area contributed by atoms with Crippen molar-refractivity contribution in [3.05, 3.63) is 34.9 Å². The van der Waals surface area contributed by atoms with Gasteiger partial charge >= 0.3 is 0 Å². The van der Waals surface area contributed by atoms with Crippen LogP contribution >= 0.6 is 11.6 Å². The minimum atomic E-state index is 0.372. The smallest absolute Gasteiger partial charge is 0.0336 e.